The van der Waals surface area contributed by atoms with Gasteiger partial charge in [-0.3, -0.25) is 14.9 Å². The van der Waals surface area contributed by atoms with Gasteiger partial charge in [-0.15, -0.1) is 0 Å². The summed E-state index contributed by atoms with van der Waals surface area (Å²) in [6.45, 7) is 12.5. The fourth-order valence-corrected chi connectivity index (χ4v) is 3.20. The number of carboxylic acids is 1. The molecule has 2 amide bonds. The average molecular weight is 513 g/mol. The van der Waals surface area contributed by atoms with E-state index in [0.29, 0.717) is 12.1 Å². The highest BCUT2D eigenvalue weighted by atomic mass is 16.6. The van der Waals surface area contributed by atoms with Crippen molar-refractivity contribution in [1.82, 2.24) is 0 Å². The number of nitrogens with one attached hydrogen (secondary N) is 2. The summed E-state index contributed by atoms with van der Waals surface area (Å²) in [6.07, 6.45) is 0.212. The van der Waals surface area contributed by atoms with Crippen LogP contribution in [0.15, 0.2) is 48.5 Å². The summed E-state index contributed by atoms with van der Waals surface area (Å²) in [6, 6.07) is 15.0. The molecule has 0 aliphatic carbocycles. The van der Waals surface area contributed by atoms with Gasteiger partial charge in [0, 0.05) is 16.8 Å². The van der Waals surface area contributed by atoms with Crippen LogP contribution in [0.4, 0.5) is 16.2 Å². The van der Waals surface area contributed by atoms with E-state index < -0.39 is 28.5 Å². The number of benzene rings is 2. The fourth-order valence-electron chi connectivity index (χ4n) is 3.20. The third kappa shape index (κ3) is 9.53. The molecule has 2 aromatic rings. The van der Waals surface area contributed by atoms with E-state index in [-0.39, 0.29) is 25.5 Å². The summed E-state index contributed by atoms with van der Waals surface area (Å²) < 4.78 is 11.0. The van der Waals surface area contributed by atoms with Gasteiger partial charge in [-0.25, -0.2) is 4.79 Å². The quantitative estimate of drug-likeness (QED) is 0.354. The topological polar surface area (TPSA) is 114 Å². The largest absolute Gasteiger partial charge is 0.481 e. The van der Waals surface area contributed by atoms with Gasteiger partial charge in [-0.1, -0.05) is 52.0 Å². The Morgan fingerprint density at radius 3 is 1.68 bits per heavy atom. The molecule has 0 radical (unpaired) electrons. The van der Waals surface area contributed by atoms with Crippen LogP contribution >= 0.6 is 0 Å². The predicted octanol–water partition coefficient (Wildman–Crippen LogP) is 6.11. The van der Waals surface area contributed by atoms with E-state index in [2.05, 4.69) is 10.6 Å². The number of carbonyl (C=O) groups excluding carboxylic acids is 2. The molecule has 37 heavy (non-hydrogen) atoms. The first-order valence-electron chi connectivity index (χ1n) is 12.4. The van der Waals surface area contributed by atoms with E-state index in [9.17, 15) is 19.5 Å². The van der Waals surface area contributed by atoms with Crippen molar-refractivity contribution in [1.29, 1.82) is 0 Å². The highest BCUT2D eigenvalue weighted by Gasteiger charge is 2.40. The first-order chi connectivity index (χ1) is 17.1. The molecule has 0 saturated carbocycles. The monoisotopic (exact) mass is 512 g/mol. The van der Waals surface area contributed by atoms with Gasteiger partial charge in [0.1, 0.15) is 12.0 Å². The molecule has 3 N–H and O–H groups in total. The van der Waals surface area contributed by atoms with Crippen molar-refractivity contribution in [3.8, 4) is 0 Å². The van der Waals surface area contributed by atoms with Crippen molar-refractivity contribution >= 4 is 29.3 Å². The molecule has 0 fully saturated rings. The van der Waals surface area contributed by atoms with Crippen molar-refractivity contribution in [2.24, 2.45) is 10.8 Å². The minimum atomic E-state index is -1.32. The Hall–Kier alpha value is -3.39. The molecule has 0 aliphatic heterocycles. The molecule has 2 aromatic carbocycles. The Labute approximate surface area is 219 Å². The summed E-state index contributed by atoms with van der Waals surface area (Å²) >= 11 is 0. The number of rotatable bonds is 10. The summed E-state index contributed by atoms with van der Waals surface area (Å²) in [7, 11) is 0. The Kier molecular flexibility index (Phi) is 9.87. The second kappa shape index (κ2) is 12.2. The van der Waals surface area contributed by atoms with Gasteiger partial charge in [0.15, 0.2) is 0 Å². The van der Waals surface area contributed by atoms with Crippen molar-refractivity contribution in [2.75, 3.05) is 23.8 Å². The maximum absolute atomic E-state index is 12.3. The molecule has 8 nitrogen and oxygen atoms in total. The summed E-state index contributed by atoms with van der Waals surface area (Å²) in [5.74, 6) is -1.11. The average Bonchev–Trinajstić information content (AvgIpc) is 2.80. The van der Waals surface area contributed by atoms with Crippen LogP contribution in [0.5, 0.6) is 0 Å². The van der Waals surface area contributed by atoms with E-state index in [1.54, 1.807) is 19.1 Å². The SMILES string of the molecule is CCC(COC(=O)Nc1ccc(Cc2ccc(NC(=O)C(C)(C)C)cc2)cc1)(COC(C)(C)C)C(=O)O. The molecule has 8 heteroatoms. The van der Waals surface area contributed by atoms with E-state index in [4.69, 9.17) is 9.47 Å². The molecule has 2 rings (SSSR count). The maximum Gasteiger partial charge on any atom is 0.411 e. The Balaban J connectivity index is 1.92. The lowest BCUT2D eigenvalue weighted by Gasteiger charge is -2.31. The van der Waals surface area contributed by atoms with Crippen LogP contribution in [0.2, 0.25) is 0 Å². The zero-order chi connectivity index (χ0) is 27.9. The number of carbonyl (C=O) groups is 3. The second-order valence-electron chi connectivity index (χ2n) is 11.3. The van der Waals surface area contributed by atoms with Gasteiger partial charge in [0.25, 0.3) is 0 Å². The van der Waals surface area contributed by atoms with E-state index in [1.165, 1.54) is 0 Å². The number of amides is 2. The lowest BCUT2D eigenvalue weighted by molar-refractivity contribution is -0.161. The molecule has 1 unspecified atom stereocenters. The van der Waals surface area contributed by atoms with Crippen LogP contribution in [0.25, 0.3) is 0 Å². The number of hydrogen-bond acceptors (Lipinski definition) is 5. The van der Waals surface area contributed by atoms with Crippen molar-refractivity contribution < 1.29 is 29.0 Å². The van der Waals surface area contributed by atoms with Crippen LogP contribution in [0, 0.1) is 10.8 Å². The number of hydrogen-bond donors (Lipinski definition) is 3. The maximum atomic E-state index is 12.3. The van der Waals surface area contributed by atoms with Crippen LogP contribution in [-0.2, 0) is 25.5 Å². The van der Waals surface area contributed by atoms with Crippen molar-refractivity contribution in [3.05, 3.63) is 59.7 Å². The molecular weight excluding hydrogens is 472 g/mol. The zero-order valence-corrected chi connectivity index (χ0v) is 22.9. The van der Waals surface area contributed by atoms with Crippen molar-refractivity contribution in [2.45, 2.75) is 66.9 Å². The van der Waals surface area contributed by atoms with Gasteiger partial charge in [0.05, 0.1) is 12.2 Å². The minimum Gasteiger partial charge on any atom is -0.481 e. The molecule has 0 aliphatic rings. The first-order valence-corrected chi connectivity index (χ1v) is 12.4. The Morgan fingerprint density at radius 1 is 0.784 bits per heavy atom. The summed E-state index contributed by atoms with van der Waals surface area (Å²) in [5, 5.41) is 15.3. The van der Waals surface area contributed by atoms with E-state index in [0.717, 1.165) is 16.8 Å². The predicted molar refractivity (Wildman–Crippen MR) is 145 cm³/mol. The van der Waals surface area contributed by atoms with E-state index >= 15 is 0 Å². The lowest BCUT2D eigenvalue weighted by atomic mass is 9.87. The van der Waals surface area contributed by atoms with Gasteiger partial charge >= 0.3 is 12.1 Å². The van der Waals surface area contributed by atoms with Gasteiger partial charge in [-0.05, 0) is 69.0 Å². The van der Waals surface area contributed by atoms with E-state index in [1.807, 2.05) is 77.9 Å². The van der Waals surface area contributed by atoms with Crippen LogP contribution in [0.3, 0.4) is 0 Å². The van der Waals surface area contributed by atoms with Crippen LogP contribution in [-0.4, -0.2) is 41.9 Å². The summed E-state index contributed by atoms with van der Waals surface area (Å²) in [4.78, 5) is 36.4. The number of anilines is 2. The molecule has 1 atom stereocenters. The highest BCUT2D eigenvalue weighted by molar-refractivity contribution is 5.94. The smallest absolute Gasteiger partial charge is 0.411 e. The molecule has 0 aromatic heterocycles. The zero-order valence-electron chi connectivity index (χ0n) is 22.9. The third-order valence-corrected chi connectivity index (χ3v) is 5.89. The van der Waals surface area contributed by atoms with Gasteiger partial charge < -0.3 is 19.9 Å². The van der Waals surface area contributed by atoms with Crippen molar-refractivity contribution in [3.63, 3.8) is 0 Å². The molecule has 0 saturated heterocycles. The molecule has 202 valence electrons. The molecule has 0 spiro atoms. The summed E-state index contributed by atoms with van der Waals surface area (Å²) in [5.41, 5.74) is 1.12. The molecule has 0 heterocycles. The Morgan fingerprint density at radius 2 is 1.27 bits per heavy atom. The Bertz CT molecular complexity index is 1070. The molecule has 0 bridgehead atoms. The third-order valence-electron chi connectivity index (χ3n) is 5.89. The fraction of sp³-hybridized carbons (Fsp3) is 0.483. The number of aliphatic carboxylic acids is 1. The molecular formula is C29H40N2O6. The van der Waals surface area contributed by atoms with Gasteiger partial charge in [0.2, 0.25) is 5.91 Å². The van der Waals surface area contributed by atoms with Crippen LogP contribution < -0.4 is 10.6 Å². The van der Waals surface area contributed by atoms with Crippen LogP contribution in [0.1, 0.15) is 66.0 Å². The number of ether oxygens (including phenoxy) is 2. The normalized spacial score (nSPS) is 13.4. The van der Waals surface area contributed by atoms with Gasteiger partial charge in [-0.2, -0.15) is 0 Å². The number of carboxylic acid groups (broad SMARTS) is 1. The lowest BCUT2D eigenvalue weighted by Crippen LogP contribution is -2.43. The standard InChI is InChI=1S/C29H40N2O6/c1-8-29(25(33)34,19-37-28(5,6)7)18-36-26(35)31-23-15-11-21(12-16-23)17-20-9-13-22(14-10-20)30-24(32)27(2,3)4/h9-16H,8,17-19H2,1-7H3,(H,30,32)(H,31,35)(H,33,34). The minimum absolute atomic E-state index is 0.0385. The highest BCUT2D eigenvalue weighted by Crippen LogP contribution is 2.26. The second-order valence-corrected chi connectivity index (χ2v) is 11.3. The first kappa shape index (κ1) is 29.8.